The van der Waals surface area contributed by atoms with Crippen LogP contribution in [0.5, 0.6) is 0 Å². The molecule has 1 saturated carbocycles. The van der Waals surface area contributed by atoms with Crippen molar-refractivity contribution >= 4 is 28.9 Å². The molecule has 0 spiro atoms. The van der Waals surface area contributed by atoms with Gasteiger partial charge in [0.15, 0.2) is 0 Å². The average molecular weight is 462 g/mol. The van der Waals surface area contributed by atoms with Gasteiger partial charge in [-0.25, -0.2) is 4.79 Å². The highest BCUT2D eigenvalue weighted by Crippen LogP contribution is 2.39. The molecule has 7 heteroatoms. The third-order valence-corrected chi connectivity index (χ3v) is 7.14. The van der Waals surface area contributed by atoms with Gasteiger partial charge in [0.1, 0.15) is 11.0 Å². The number of thiophene rings is 1. The van der Waals surface area contributed by atoms with Crippen LogP contribution in [0.25, 0.3) is 0 Å². The van der Waals surface area contributed by atoms with Crippen molar-refractivity contribution in [1.29, 1.82) is 0 Å². The van der Waals surface area contributed by atoms with E-state index in [1.54, 1.807) is 11.0 Å². The molecule has 0 bridgehead atoms. The van der Waals surface area contributed by atoms with Gasteiger partial charge >= 0.3 is 5.97 Å². The van der Waals surface area contributed by atoms with Crippen molar-refractivity contribution in [3.8, 4) is 11.8 Å². The highest BCUT2D eigenvalue weighted by atomic mass is 32.1. The lowest BCUT2D eigenvalue weighted by Gasteiger charge is -2.44. The van der Waals surface area contributed by atoms with Crippen LogP contribution in [0.3, 0.4) is 0 Å². The summed E-state index contributed by atoms with van der Waals surface area (Å²) in [6.07, 6.45) is 6.72. The van der Waals surface area contributed by atoms with Crippen LogP contribution in [0.15, 0.2) is 6.07 Å². The minimum Gasteiger partial charge on any atom is -0.477 e. The molecule has 3 rings (SSSR count). The number of carbonyl (C=O) groups is 2. The summed E-state index contributed by atoms with van der Waals surface area (Å²) in [5.74, 6) is 5.38. The van der Waals surface area contributed by atoms with Gasteiger partial charge in [-0.1, -0.05) is 31.1 Å². The number of aromatic carboxylic acids is 1. The van der Waals surface area contributed by atoms with Crippen LogP contribution in [-0.4, -0.2) is 47.4 Å². The summed E-state index contributed by atoms with van der Waals surface area (Å²) in [6, 6.07) is 1.62. The molecule has 6 nitrogen and oxygen atoms in total. The molecule has 2 atom stereocenters. The van der Waals surface area contributed by atoms with Gasteiger partial charge in [0, 0.05) is 12.0 Å². The molecule has 1 saturated heterocycles. The summed E-state index contributed by atoms with van der Waals surface area (Å²) in [4.78, 5) is 28.3. The number of aliphatic hydroxyl groups excluding tert-OH is 1. The molecule has 32 heavy (non-hydrogen) atoms. The molecule has 1 aliphatic carbocycles. The van der Waals surface area contributed by atoms with Crippen LogP contribution in [0, 0.1) is 23.2 Å². The molecule has 2 aliphatic rings. The summed E-state index contributed by atoms with van der Waals surface area (Å²) >= 11 is 1.13. The Morgan fingerprint density at radius 3 is 2.59 bits per heavy atom. The van der Waals surface area contributed by atoms with E-state index in [-0.39, 0.29) is 28.8 Å². The first-order valence-corrected chi connectivity index (χ1v) is 12.5. The van der Waals surface area contributed by atoms with E-state index >= 15 is 0 Å². The molecule has 2 heterocycles. The monoisotopic (exact) mass is 461 g/mol. The Labute approximate surface area is 195 Å². The zero-order valence-corrected chi connectivity index (χ0v) is 20.2. The number of hydrogen-bond acceptors (Lipinski definition) is 5. The summed E-state index contributed by atoms with van der Waals surface area (Å²) < 4.78 is 6.01. The van der Waals surface area contributed by atoms with Crippen molar-refractivity contribution in [2.24, 2.45) is 11.3 Å². The van der Waals surface area contributed by atoms with Gasteiger partial charge in [-0.2, -0.15) is 0 Å². The predicted molar refractivity (Wildman–Crippen MR) is 126 cm³/mol. The normalized spacial score (nSPS) is 22.5. The lowest BCUT2D eigenvalue weighted by molar-refractivity contribution is -0.138. The quantitative estimate of drug-likeness (QED) is 0.454. The van der Waals surface area contributed by atoms with E-state index in [4.69, 9.17) is 9.84 Å². The zero-order valence-electron chi connectivity index (χ0n) is 19.4. The third kappa shape index (κ3) is 6.12. The number of morpholine rings is 1. The van der Waals surface area contributed by atoms with E-state index in [1.165, 1.54) is 6.42 Å². The molecule has 1 aromatic rings. The van der Waals surface area contributed by atoms with E-state index in [9.17, 15) is 14.7 Å². The second kappa shape index (κ2) is 10.8. The molecule has 176 valence electrons. The second-order valence-corrected chi connectivity index (χ2v) is 10.9. The molecule has 0 aromatic carbocycles. The minimum absolute atomic E-state index is 0.0822. The summed E-state index contributed by atoms with van der Waals surface area (Å²) in [6.45, 7) is 6.52. The topological polar surface area (TPSA) is 87.1 Å². The Morgan fingerprint density at radius 1 is 1.25 bits per heavy atom. The number of aliphatic hydroxyl groups is 1. The summed E-state index contributed by atoms with van der Waals surface area (Å²) in [5.41, 5.74) is 0.252. The zero-order chi connectivity index (χ0) is 23.3. The van der Waals surface area contributed by atoms with Gasteiger partial charge in [0.2, 0.25) is 0 Å². The van der Waals surface area contributed by atoms with Crippen LogP contribution in [-0.2, 0) is 9.53 Å². The van der Waals surface area contributed by atoms with Crippen molar-refractivity contribution in [1.82, 2.24) is 0 Å². The molecule has 0 radical (unpaired) electrons. The molecule has 1 amide bonds. The SMILES string of the molecule is CC(C)(C)C#Cc1cc(N2C(=O)C(CCCCO)OCC2C2CCCCC2)c(C(=O)O)s1. The molecule has 1 aromatic heterocycles. The van der Waals surface area contributed by atoms with Crippen molar-refractivity contribution in [2.75, 3.05) is 18.1 Å². The van der Waals surface area contributed by atoms with Crippen molar-refractivity contribution in [3.05, 3.63) is 15.8 Å². The van der Waals surface area contributed by atoms with Gasteiger partial charge in [-0.05, 0) is 64.9 Å². The van der Waals surface area contributed by atoms with Crippen LogP contribution in [0.1, 0.15) is 86.7 Å². The maximum atomic E-state index is 13.6. The number of nitrogens with zero attached hydrogens (tertiary/aromatic N) is 1. The first kappa shape index (κ1) is 24.8. The van der Waals surface area contributed by atoms with Crippen molar-refractivity contribution < 1.29 is 24.5 Å². The van der Waals surface area contributed by atoms with Crippen LogP contribution in [0.2, 0.25) is 0 Å². The highest BCUT2D eigenvalue weighted by Gasteiger charge is 2.42. The van der Waals surface area contributed by atoms with Gasteiger partial charge in [-0.3, -0.25) is 4.79 Å². The van der Waals surface area contributed by atoms with E-state index in [0.717, 1.165) is 37.0 Å². The van der Waals surface area contributed by atoms with Crippen LogP contribution in [0.4, 0.5) is 5.69 Å². The molecular formula is C25H35NO5S. The summed E-state index contributed by atoms with van der Waals surface area (Å²) in [5, 5.41) is 19.0. The molecule has 2 fully saturated rings. The number of carbonyl (C=O) groups excluding carboxylic acids is 1. The fraction of sp³-hybridized carbons (Fsp3) is 0.680. The Morgan fingerprint density at radius 2 is 1.97 bits per heavy atom. The average Bonchev–Trinajstić information content (AvgIpc) is 3.18. The van der Waals surface area contributed by atoms with E-state index in [0.29, 0.717) is 42.4 Å². The lowest BCUT2D eigenvalue weighted by atomic mass is 9.82. The fourth-order valence-electron chi connectivity index (χ4n) is 4.51. The van der Waals surface area contributed by atoms with E-state index in [1.807, 2.05) is 20.8 Å². The van der Waals surface area contributed by atoms with Crippen LogP contribution >= 0.6 is 11.3 Å². The molecule has 2 N–H and O–H groups in total. The number of carboxylic acids is 1. The van der Waals surface area contributed by atoms with E-state index in [2.05, 4.69) is 11.8 Å². The lowest BCUT2D eigenvalue weighted by Crippen LogP contribution is -2.57. The molecule has 2 unspecified atom stereocenters. The Balaban J connectivity index is 1.98. The van der Waals surface area contributed by atoms with Crippen molar-refractivity contribution in [2.45, 2.75) is 84.3 Å². The number of rotatable bonds is 7. The van der Waals surface area contributed by atoms with Gasteiger partial charge in [0.05, 0.1) is 23.2 Å². The van der Waals surface area contributed by atoms with Gasteiger partial charge < -0.3 is 19.8 Å². The first-order valence-electron chi connectivity index (χ1n) is 11.7. The molecule has 1 aliphatic heterocycles. The van der Waals surface area contributed by atoms with Crippen molar-refractivity contribution in [3.63, 3.8) is 0 Å². The van der Waals surface area contributed by atoms with Gasteiger partial charge in [-0.15, -0.1) is 11.3 Å². The standard InChI is InChI=1S/C25H35NO5S/c1-25(2,3)13-12-18-15-19(22(32-18)24(29)30)26-20(17-9-5-4-6-10-17)16-31-21(23(26)28)11-7-8-14-27/h15,17,20-21,27H,4-11,14,16H2,1-3H3,(H,29,30). The Kier molecular flexibility index (Phi) is 8.37. The first-order chi connectivity index (χ1) is 15.2. The number of anilines is 1. The minimum atomic E-state index is -1.03. The fourth-order valence-corrected chi connectivity index (χ4v) is 5.36. The summed E-state index contributed by atoms with van der Waals surface area (Å²) in [7, 11) is 0. The number of unbranched alkanes of at least 4 members (excludes halogenated alkanes) is 1. The maximum absolute atomic E-state index is 13.6. The Hall–Kier alpha value is -1.88. The maximum Gasteiger partial charge on any atom is 0.348 e. The third-order valence-electron chi connectivity index (χ3n) is 6.11. The number of ether oxygens (including phenoxy) is 1. The smallest absolute Gasteiger partial charge is 0.348 e. The van der Waals surface area contributed by atoms with Gasteiger partial charge in [0.25, 0.3) is 5.91 Å². The van der Waals surface area contributed by atoms with E-state index < -0.39 is 12.1 Å². The highest BCUT2D eigenvalue weighted by molar-refractivity contribution is 7.15. The molecular weight excluding hydrogens is 426 g/mol. The van der Waals surface area contributed by atoms with Crippen LogP contribution < -0.4 is 4.90 Å². The second-order valence-electron chi connectivity index (χ2n) is 9.85. The number of amides is 1. The number of hydrogen-bond donors (Lipinski definition) is 2. The predicted octanol–water partition coefficient (Wildman–Crippen LogP) is 4.69. The number of carboxylic acid groups (broad SMARTS) is 1. The Bertz CT molecular complexity index is 869. The largest absolute Gasteiger partial charge is 0.477 e.